The van der Waals surface area contributed by atoms with E-state index in [2.05, 4.69) is 9.97 Å². The molecule has 4 nitrogen and oxygen atoms in total. The number of aromatic amines is 1. The van der Waals surface area contributed by atoms with Gasteiger partial charge in [-0.15, -0.1) is 0 Å². The molecule has 96 valence electrons. The van der Waals surface area contributed by atoms with Crippen molar-refractivity contribution in [3.8, 4) is 0 Å². The van der Waals surface area contributed by atoms with Crippen LogP contribution in [0.25, 0.3) is 11.0 Å². The lowest BCUT2D eigenvalue weighted by Gasteiger charge is -2.01. The van der Waals surface area contributed by atoms with Gasteiger partial charge in [0, 0.05) is 6.07 Å². The largest absolute Gasteiger partial charge is 0.478 e. The normalized spacial score (nSPS) is 12.0. The van der Waals surface area contributed by atoms with Crippen LogP contribution >= 0.6 is 0 Å². The molecule has 0 atom stereocenters. The summed E-state index contributed by atoms with van der Waals surface area (Å²) >= 11 is 0. The summed E-state index contributed by atoms with van der Waals surface area (Å²) in [5, 5.41) is 8.66. The zero-order valence-electron chi connectivity index (χ0n) is 8.68. The van der Waals surface area contributed by atoms with Crippen molar-refractivity contribution in [2.45, 2.75) is 12.6 Å². The van der Waals surface area contributed by atoms with Crippen molar-refractivity contribution in [3.05, 3.63) is 29.3 Å². The first-order chi connectivity index (χ1) is 8.26. The van der Waals surface area contributed by atoms with Crippen LogP contribution in [0.15, 0.2) is 12.1 Å². The lowest BCUT2D eigenvalue weighted by atomic mass is 10.2. The van der Waals surface area contributed by atoms with Gasteiger partial charge in [0.15, 0.2) is 0 Å². The quantitative estimate of drug-likeness (QED) is 0.817. The van der Waals surface area contributed by atoms with Gasteiger partial charge in [-0.3, -0.25) is 0 Å². The Bertz CT molecular complexity index is 618. The Hall–Kier alpha value is -2.12. The Balaban J connectivity index is 2.49. The number of carboxylic acid groups (broad SMARTS) is 1. The molecule has 0 aliphatic heterocycles. The van der Waals surface area contributed by atoms with Gasteiger partial charge in [-0.25, -0.2) is 14.2 Å². The second kappa shape index (κ2) is 3.97. The lowest BCUT2D eigenvalue weighted by Crippen LogP contribution is -2.12. The first-order valence-corrected chi connectivity index (χ1v) is 4.74. The van der Waals surface area contributed by atoms with Crippen LogP contribution < -0.4 is 0 Å². The topological polar surface area (TPSA) is 66.0 Å². The number of halogens is 4. The molecule has 1 heterocycles. The average Bonchev–Trinajstić information content (AvgIpc) is 2.54. The predicted octanol–water partition coefficient (Wildman–Crippen LogP) is 2.50. The van der Waals surface area contributed by atoms with Gasteiger partial charge in [0.2, 0.25) is 0 Å². The molecule has 0 spiro atoms. The third kappa shape index (κ3) is 2.41. The van der Waals surface area contributed by atoms with E-state index in [1.165, 1.54) is 0 Å². The van der Waals surface area contributed by atoms with E-state index in [0.29, 0.717) is 0 Å². The maximum atomic E-state index is 13.3. The molecule has 1 aromatic carbocycles. The molecule has 0 fully saturated rings. The highest BCUT2D eigenvalue weighted by Gasteiger charge is 2.29. The third-order valence-corrected chi connectivity index (χ3v) is 2.22. The lowest BCUT2D eigenvalue weighted by molar-refractivity contribution is -0.128. The van der Waals surface area contributed by atoms with Gasteiger partial charge < -0.3 is 10.1 Å². The Kier molecular flexibility index (Phi) is 2.72. The van der Waals surface area contributed by atoms with Crippen LogP contribution in [0.2, 0.25) is 0 Å². The molecular formula is C10H6F4N2O2. The van der Waals surface area contributed by atoms with E-state index in [4.69, 9.17) is 5.11 Å². The minimum atomic E-state index is -4.44. The minimum absolute atomic E-state index is 0.0203. The summed E-state index contributed by atoms with van der Waals surface area (Å²) in [4.78, 5) is 16.5. The highest BCUT2D eigenvalue weighted by atomic mass is 19.4. The summed E-state index contributed by atoms with van der Waals surface area (Å²) < 4.78 is 49.7. The van der Waals surface area contributed by atoms with Gasteiger partial charge in [0.25, 0.3) is 0 Å². The standard InChI is InChI=1S/C10H6F4N2O2/c11-5-2-7-6(1-4(5)9(17)18)15-8(16-7)3-10(12,13)14/h1-2H,3H2,(H,15,16)(H,17,18). The van der Waals surface area contributed by atoms with Gasteiger partial charge in [0.05, 0.1) is 16.6 Å². The van der Waals surface area contributed by atoms with Crippen LogP contribution in [0, 0.1) is 5.82 Å². The zero-order chi connectivity index (χ0) is 13.5. The van der Waals surface area contributed by atoms with Gasteiger partial charge in [-0.2, -0.15) is 13.2 Å². The van der Waals surface area contributed by atoms with Crippen molar-refractivity contribution < 1.29 is 27.5 Å². The monoisotopic (exact) mass is 262 g/mol. The molecule has 0 saturated heterocycles. The molecule has 0 radical (unpaired) electrons. The minimum Gasteiger partial charge on any atom is -0.478 e. The number of nitrogens with one attached hydrogen (secondary N) is 1. The number of aromatic carboxylic acids is 1. The molecule has 0 aliphatic rings. The molecule has 0 saturated carbocycles. The number of benzene rings is 1. The second-order valence-electron chi connectivity index (χ2n) is 3.63. The number of alkyl halides is 3. The van der Waals surface area contributed by atoms with Gasteiger partial charge in [0.1, 0.15) is 18.1 Å². The van der Waals surface area contributed by atoms with Gasteiger partial charge in [-0.1, -0.05) is 0 Å². The van der Waals surface area contributed by atoms with Crippen LogP contribution in [-0.4, -0.2) is 27.2 Å². The summed E-state index contributed by atoms with van der Waals surface area (Å²) in [6.45, 7) is 0. The number of nitrogens with zero attached hydrogens (tertiary/aromatic N) is 1. The molecule has 18 heavy (non-hydrogen) atoms. The number of aromatic nitrogens is 2. The number of carbonyl (C=O) groups is 1. The van der Waals surface area contributed by atoms with Crippen molar-refractivity contribution in [1.29, 1.82) is 0 Å². The van der Waals surface area contributed by atoms with E-state index in [1.54, 1.807) is 0 Å². The molecule has 0 aliphatic carbocycles. The molecule has 0 amide bonds. The highest BCUT2D eigenvalue weighted by molar-refractivity contribution is 5.92. The summed E-state index contributed by atoms with van der Waals surface area (Å²) in [6.07, 6.45) is -5.73. The number of imidazole rings is 1. The van der Waals surface area contributed by atoms with E-state index in [1.807, 2.05) is 0 Å². The summed E-state index contributed by atoms with van der Waals surface area (Å²) in [5.74, 6) is -2.92. The number of fused-ring (bicyclic) bond motifs is 1. The van der Waals surface area contributed by atoms with Crippen molar-refractivity contribution in [2.75, 3.05) is 0 Å². The maximum Gasteiger partial charge on any atom is 0.396 e. The number of hydrogen-bond acceptors (Lipinski definition) is 2. The molecule has 0 bridgehead atoms. The maximum absolute atomic E-state index is 13.3. The Morgan fingerprint density at radius 2 is 2.06 bits per heavy atom. The second-order valence-corrected chi connectivity index (χ2v) is 3.63. The Labute approximate surface area is 97.3 Å². The van der Waals surface area contributed by atoms with Crippen LogP contribution in [0.3, 0.4) is 0 Å². The predicted molar refractivity (Wildman–Crippen MR) is 52.8 cm³/mol. The van der Waals surface area contributed by atoms with Crippen LogP contribution in [0.4, 0.5) is 17.6 Å². The van der Waals surface area contributed by atoms with Crippen LogP contribution in [0.1, 0.15) is 16.2 Å². The van der Waals surface area contributed by atoms with Crippen molar-refractivity contribution in [1.82, 2.24) is 9.97 Å². The number of rotatable bonds is 2. The van der Waals surface area contributed by atoms with Crippen molar-refractivity contribution >= 4 is 17.0 Å². The molecular weight excluding hydrogens is 256 g/mol. The summed E-state index contributed by atoms with van der Waals surface area (Å²) in [6, 6.07) is 1.70. The third-order valence-electron chi connectivity index (χ3n) is 2.22. The fraction of sp³-hybridized carbons (Fsp3) is 0.200. The molecule has 2 aromatic rings. The van der Waals surface area contributed by atoms with E-state index < -0.39 is 29.9 Å². The first-order valence-electron chi connectivity index (χ1n) is 4.74. The number of hydrogen-bond donors (Lipinski definition) is 2. The Morgan fingerprint density at radius 3 is 2.61 bits per heavy atom. The van der Waals surface area contributed by atoms with Crippen LogP contribution in [0.5, 0.6) is 0 Å². The van der Waals surface area contributed by atoms with Gasteiger partial charge >= 0.3 is 12.1 Å². The highest BCUT2D eigenvalue weighted by Crippen LogP contribution is 2.23. The summed E-state index contributed by atoms with van der Waals surface area (Å²) in [5.41, 5.74) is -0.627. The number of H-pyrrole nitrogens is 1. The van der Waals surface area contributed by atoms with Crippen LogP contribution in [-0.2, 0) is 6.42 Å². The molecule has 1 aromatic heterocycles. The molecule has 0 unspecified atom stereocenters. The average molecular weight is 262 g/mol. The van der Waals surface area contributed by atoms with E-state index >= 15 is 0 Å². The van der Waals surface area contributed by atoms with Gasteiger partial charge in [-0.05, 0) is 6.07 Å². The van der Waals surface area contributed by atoms with Crippen molar-refractivity contribution in [3.63, 3.8) is 0 Å². The SMILES string of the molecule is O=C(O)c1cc2nc(CC(F)(F)F)[nH]c2cc1F. The Morgan fingerprint density at radius 1 is 1.39 bits per heavy atom. The summed E-state index contributed by atoms with van der Waals surface area (Å²) in [7, 11) is 0. The van der Waals surface area contributed by atoms with E-state index in [-0.39, 0.29) is 16.9 Å². The smallest absolute Gasteiger partial charge is 0.396 e. The van der Waals surface area contributed by atoms with Crippen molar-refractivity contribution in [2.24, 2.45) is 0 Å². The fourth-order valence-electron chi connectivity index (χ4n) is 1.52. The molecule has 8 heteroatoms. The molecule has 2 rings (SSSR count). The fourth-order valence-corrected chi connectivity index (χ4v) is 1.52. The zero-order valence-corrected chi connectivity index (χ0v) is 8.68. The van der Waals surface area contributed by atoms with E-state index in [0.717, 1.165) is 12.1 Å². The van der Waals surface area contributed by atoms with E-state index in [9.17, 15) is 22.4 Å². The molecule has 2 N–H and O–H groups in total. The first kappa shape index (κ1) is 12.3. The number of carboxylic acids is 1.